The summed E-state index contributed by atoms with van der Waals surface area (Å²) in [6.07, 6.45) is -11.6. The molecule has 0 N–H and O–H groups in total. The van der Waals surface area contributed by atoms with Gasteiger partial charge >= 0.3 is 12.4 Å². The molecule has 0 aliphatic carbocycles. The fourth-order valence-corrected chi connectivity index (χ4v) is 9.23. The molecule has 5 nitrogen and oxygen atoms in total. The number of hydrogen-bond donors (Lipinski definition) is 0. The number of aromatic nitrogens is 5. The number of alkyl halides is 6. The molecule has 0 amide bonds. The zero-order chi connectivity index (χ0) is 44.5. The molecule has 0 saturated heterocycles. The van der Waals surface area contributed by atoms with Crippen LogP contribution >= 0.6 is 0 Å². The summed E-state index contributed by atoms with van der Waals surface area (Å²) < 4.78 is 97.2. The van der Waals surface area contributed by atoms with Crippen molar-refractivity contribution in [1.29, 1.82) is 0 Å². The molecule has 0 saturated carbocycles. The summed E-state index contributed by atoms with van der Waals surface area (Å²) in [5.74, 6) is 0.683. The molecule has 8 aromatic carbocycles. The Kier molecular flexibility index (Phi) is 9.21. The molecule has 0 spiro atoms. The summed E-state index contributed by atoms with van der Waals surface area (Å²) in [7, 11) is 0. The summed E-state index contributed by atoms with van der Waals surface area (Å²) in [5, 5.41) is 3.95. The van der Waals surface area contributed by atoms with E-state index in [0.717, 1.165) is 73.6 Å². The molecule has 0 bridgehead atoms. The topological polar surface area (TPSA) is 48.5 Å². The van der Waals surface area contributed by atoms with Crippen molar-refractivity contribution in [1.82, 2.24) is 24.1 Å². The molecule has 316 valence electrons. The van der Waals surface area contributed by atoms with Crippen molar-refractivity contribution in [3.8, 4) is 45.5 Å². The van der Waals surface area contributed by atoms with Gasteiger partial charge in [0.1, 0.15) is 0 Å². The van der Waals surface area contributed by atoms with E-state index in [1.807, 2.05) is 102 Å². The van der Waals surface area contributed by atoms with E-state index in [2.05, 4.69) is 49.9 Å². The van der Waals surface area contributed by atoms with Crippen molar-refractivity contribution in [2.75, 3.05) is 0 Å². The highest BCUT2D eigenvalue weighted by molar-refractivity contribution is 6.12. The second-order valence-electron chi connectivity index (χ2n) is 15.8. The zero-order valence-corrected chi connectivity index (χ0v) is 34.1. The van der Waals surface area contributed by atoms with Gasteiger partial charge in [-0.05, 0) is 59.7 Å². The molecule has 0 fully saturated rings. The first-order chi connectivity index (χ1) is 31.5. The number of fused-ring (bicyclic) bond motifs is 6. The van der Waals surface area contributed by atoms with Crippen LogP contribution in [0.25, 0.3) is 89.2 Å². The minimum Gasteiger partial charge on any atom is -0.309 e. The third kappa shape index (κ3) is 6.37. The lowest BCUT2D eigenvalue weighted by molar-refractivity contribution is -0.288. The van der Waals surface area contributed by atoms with Crippen LogP contribution in [0.4, 0.5) is 26.3 Å². The monoisotopic (exact) mass is 865 g/mol. The largest absolute Gasteiger partial charge is 0.411 e. The van der Waals surface area contributed by atoms with Crippen molar-refractivity contribution in [2.45, 2.75) is 17.8 Å². The van der Waals surface area contributed by atoms with E-state index in [0.29, 0.717) is 28.5 Å². The minimum absolute atomic E-state index is 0.0894. The molecule has 11 rings (SSSR count). The Morgan fingerprint density at radius 1 is 0.308 bits per heavy atom. The molecule has 0 aliphatic rings. The van der Waals surface area contributed by atoms with E-state index >= 15 is 26.3 Å². The fourth-order valence-electron chi connectivity index (χ4n) is 9.23. The zero-order valence-electron chi connectivity index (χ0n) is 34.1. The van der Waals surface area contributed by atoms with Gasteiger partial charge in [-0.2, -0.15) is 26.3 Å². The molecule has 11 heteroatoms. The molecule has 3 heterocycles. The first-order valence-electron chi connectivity index (χ1n) is 20.8. The molecule has 0 unspecified atom stereocenters. The van der Waals surface area contributed by atoms with Crippen LogP contribution in [0.2, 0.25) is 0 Å². The number of benzene rings is 8. The van der Waals surface area contributed by atoms with Crippen LogP contribution in [-0.2, 0) is 5.41 Å². The molecular weight excluding hydrogens is 833 g/mol. The predicted molar refractivity (Wildman–Crippen MR) is 244 cm³/mol. The summed E-state index contributed by atoms with van der Waals surface area (Å²) in [4.78, 5) is 13.8. The van der Waals surface area contributed by atoms with E-state index in [9.17, 15) is 0 Å². The van der Waals surface area contributed by atoms with E-state index < -0.39 is 28.9 Å². The Labute approximate surface area is 367 Å². The minimum atomic E-state index is -5.79. The van der Waals surface area contributed by atoms with Crippen molar-refractivity contribution in [3.05, 3.63) is 211 Å². The molecule has 0 radical (unpaired) electrons. The van der Waals surface area contributed by atoms with E-state index in [-0.39, 0.29) is 11.4 Å². The normalized spacial score (nSPS) is 12.5. The second-order valence-corrected chi connectivity index (χ2v) is 15.8. The van der Waals surface area contributed by atoms with E-state index in [1.165, 1.54) is 24.3 Å². The molecule has 65 heavy (non-hydrogen) atoms. The second kappa shape index (κ2) is 15.0. The van der Waals surface area contributed by atoms with E-state index in [1.54, 1.807) is 24.3 Å². The first kappa shape index (κ1) is 39.8. The lowest BCUT2D eigenvalue weighted by Gasteiger charge is -2.38. The third-order valence-corrected chi connectivity index (χ3v) is 12.2. The molecular formula is C54H33F6N5. The Morgan fingerprint density at radius 2 is 0.646 bits per heavy atom. The Morgan fingerprint density at radius 3 is 1.09 bits per heavy atom. The van der Waals surface area contributed by atoms with Crippen LogP contribution in [0.3, 0.4) is 0 Å². The van der Waals surface area contributed by atoms with Gasteiger partial charge in [-0.1, -0.05) is 152 Å². The lowest BCUT2D eigenvalue weighted by Crippen LogP contribution is -2.54. The standard InChI is InChI=1S/C54H33F6N5/c55-53(56,57)52(54(58,59)60,37-25-23-36(24-26-37)51-62-49(34-13-3-1-4-14-34)61-50(63-51)35-15-5-2-6-16-35)38-27-29-39(30-28-38)64-47-22-12-9-19-43(47)44-33-40(31-32-48(44)64)65-45-20-10-7-17-41(45)42-18-8-11-21-46(42)65/h1-33H. The highest BCUT2D eigenvalue weighted by atomic mass is 19.4. The summed E-state index contributed by atoms with van der Waals surface area (Å²) in [6, 6.07) is 56.6. The quantitative estimate of drug-likeness (QED) is 0.150. The lowest BCUT2D eigenvalue weighted by atomic mass is 9.72. The number of rotatable bonds is 7. The Balaban J connectivity index is 1.01. The molecule has 0 aliphatic heterocycles. The van der Waals surface area contributed by atoms with Gasteiger partial charge in [-0.3, -0.25) is 0 Å². The fraction of sp³-hybridized carbons (Fsp3) is 0.0556. The van der Waals surface area contributed by atoms with Gasteiger partial charge < -0.3 is 9.13 Å². The Bertz CT molecular complexity index is 3430. The number of nitrogens with zero attached hydrogens (tertiary/aromatic N) is 5. The van der Waals surface area contributed by atoms with Gasteiger partial charge in [0, 0.05) is 49.6 Å². The molecule has 11 aromatic rings. The van der Waals surface area contributed by atoms with Gasteiger partial charge in [0.15, 0.2) is 17.5 Å². The third-order valence-electron chi connectivity index (χ3n) is 12.2. The predicted octanol–water partition coefficient (Wildman–Crippen LogP) is 14.5. The van der Waals surface area contributed by atoms with E-state index in [4.69, 9.17) is 0 Å². The maximum Gasteiger partial charge on any atom is 0.411 e. The number of hydrogen-bond acceptors (Lipinski definition) is 3. The SMILES string of the molecule is FC(F)(F)C(c1ccc(-c2nc(-c3ccccc3)nc(-c3ccccc3)n2)cc1)(c1ccc(-n2c3ccccc3c3cc(-n4c5ccccc5c5ccccc54)ccc32)cc1)C(F)(F)F. The molecule has 3 aromatic heterocycles. The average molecular weight is 866 g/mol. The van der Waals surface area contributed by atoms with Gasteiger partial charge in [-0.15, -0.1) is 0 Å². The highest BCUT2D eigenvalue weighted by Crippen LogP contribution is 2.56. The molecule has 0 atom stereocenters. The van der Waals surface area contributed by atoms with Crippen LogP contribution < -0.4 is 0 Å². The van der Waals surface area contributed by atoms with Crippen molar-refractivity contribution < 1.29 is 26.3 Å². The highest BCUT2D eigenvalue weighted by Gasteiger charge is 2.72. The summed E-state index contributed by atoms with van der Waals surface area (Å²) in [6.45, 7) is 0. The van der Waals surface area contributed by atoms with Crippen LogP contribution in [0, 0.1) is 0 Å². The maximum atomic E-state index is 15.5. The number of halogens is 6. The van der Waals surface area contributed by atoms with Crippen molar-refractivity contribution >= 4 is 43.6 Å². The van der Waals surface area contributed by atoms with Crippen LogP contribution in [0.15, 0.2) is 200 Å². The van der Waals surface area contributed by atoms with Crippen LogP contribution in [-0.4, -0.2) is 36.4 Å². The van der Waals surface area contributed by atoms with Gasteiger partial charge in [0.05, 0.1) is 22.1 Å². The van der Waals surface area contributed by atoms with Crippen molar-refractivity contribution in [3.63, 3.8) is 0 Å². The van der Waals surface area contributed by atoms with Gasteiger partial charge in [0.2, 0.25) is 5.41 Å². The maximum absolute atomic E-state index is 15.5. The summed E-state index contributed by atoms with van der Waals surface area (Å²) in [5.41, 5.74) is 0.0293. The smallest absolute Gasteiger partial charge is 0.309 e. The van der Waals surface area contributed by atoms with Crippen molar-refractivity contribution in [2.24, 2.45) is 0 Å². The average Bonchev–Trinajstić information content (AvgIpc) is 3.84. The van der Waals surface area contributed by atoms with Gasteiger partial charge in [-0.25, -0.2) is 15.0 Å². The first-order valence-corrected chi connectivity index (χ1v) is 20.8. The van der Waals surface area contributed by atoms with Crippen LogP contribution in [0.5, 0.6) is 0 Å². The number of para-hydroxylation sites is 3. The summed E-state index contributed by atoms with van der Waals surface area (Å²) >= 11 is 0. The van der Waals surface area contributed by atoms with Gasteiger partial charge in [0.25, 0.3) is 0 Å². The Hall–Kier alpha value is -8.05. The van der Waals surface area contributed by atoms with Crippen LogP contribution in [0.1, 0.15) is 11.1 Å².